The van der Waals surface area contributed by atoms with Gasteiger partial charge in [0, 0.05) is 17.6 Å². The predicted molar refractivity (Wildman–Crippen MR) is 92.2 cm³/mol. The van der Waals surface area contributed by atoms with Crippen LogP contribution in [0, 0.1) is 12.8 Å². The number of hydrogen-bond donors (Lipinski definition) is 2. The Morgan fingerprint density at radius 1 is 1.52 bits per heavy atom. The van der Waals surface area contributed by atoms with Gasteiger partial charge in [-0.05, 0) is 51.3 Å². The maximum absolute atomic E-state index is 12.5. The molecule has 5 nitrogen and oxygen atoms in total. The molecular formula is C17H25ClN2O3. The summed E-state index contributed by atoms with van der Waals surface area (Å²) in [5, 5.41) is 13.5. The van der Waals surface area contributed by atoms with Gasteiger partial charge in [-0.3, -0.25) is 9.69 Å². The highest BCUT2D eigenvalue weighted by Crippen LogP contribution is 2.33. The number of benzene rings is 1. The maximum Gasteiger partial charge on any atom is 0.241 e. The molecule has 0 bridgehead atoms. The Hall–Kier alpha value is -1.30. The number of ether oxygens (including phenoxy) is 1. The van der Waals surface area contributed by atoms with Crippen molar-refractivity contribution >= 4 is 23.2 Å². The quantitative estimate of drug-likeness (QED) is 0.801. The van der Waals surface area contributed by atoms with Crippen LogP contribution in [0.1, 0.15) is 25.3 Å². The Morgan fingerprint density at radius 3 is 2.74 bits per heavy atom. The Labute approximate surface area is 142 Å². The molecule has 128 valence electrons. The number of likely N-dealkylation sites (N-methyl/N-ethyl adjacent to an activating group) is 1. The summed E-state index contributed by atoms with van der Waals surface area (Å²) in [6, 6.07) is 3.13. The van der Waals surface area contributed by atoms with Crippen LogP contribution in [0.2, 0.25) is 5.02 Å². The van der Waals surface area contributed by atoms with Gasteiger partial charge in [0.05, 0.1) is 24.9 Å². The lowest BCUT2D eigenvalue weighted by Gasteiger charge is -2.26. The summed E-state index contributed by atoms with van der Waals surface area (Å²) in [6.45, 7) is 4.19. The molecule has 2 atom stereocenters. The highest BCUT2D eigenvalue weighted by molar-refractivity contribution is 6.31. The molecule has 1 fully saturated rings. The zero-order valence-corrected chi connectivity index (χ0v) is 14.9. The average Bonchev–Trinajstić information content (AvgIpc) is 3.34. The summed E-state index contributed by atoms with van der Waals surface area (Å²) in [5.41, 5.74) is 1.47. The van der Waals surface area contributed by atoms with E-state index in [1.807, 2.05) is 25.8 Å². The van der Waals surface area contributed by atoms with Crippen molar-refractivity contribution in [1.82, 2.24) is 4.90 Å². The first-order chi connectivity index (χ1) is 10.8. The lowest BCUT2D eigenvalue weighted by Crippen LogP contribution is -2.43. The van der Waals surface area contributed by atoms with Crippen LogP contribution in [0.15, 0.2) is 12.1 Å². The van der Waals surface area contributed by atoms with Gasteiger partial charge in [0.2, 0.25) is 5.91 Å². The van der Waals surface area contributed by atoms with Gasteiger partial charge in [0.25, 0.3) is 0 Å². The third-order valence-corrected chi connectivity index (χ3v) is 4.83. The molecule has 23 heavy (non-hydrogen) atoms. The standard InChI is InChI=1S/C17H25ClN2O3/c1-10-7-14(16(23-4)8-13(10)18)19-17(22)11(2)20(3)9-15(21)12-5-6-12/h7-8,11-12,15,21H,5-6,9H2,1-4H3,(H,19,22). The summed E-state index contributed by atoms with van der Waals surface area (Å²) in [5.74, 6) is 0.782. The monoisotopic (exact) mass is 340 g/mol. The maximum atomic E-state index is 12.5. The van der Waals surface area contributed by atoms with Crippen molar-refractivity contribution < 1.29 is 14.6 Å². The summed E-state index contributed by atoms with van der Waals surface area (Å²) in [4.78, 5) is 14.3. The fraction of sp³-hybridized carbons (Fsp3) is 0.588. The molecule has 2 rings (SSSR count). The SMILES string of the molecule is COc1cc(Cl)c(C)cc1NC(=O)C(C)N(C)CC(O)C1CC1. The number of halogens is 1. The molecule has 1 aliphatic rings. The number of aryl methyl sites for hydroxylation is 1. The molecule has 0 radical (unpaired) electrons. The number of nitrogens with one attached hydrogen (secondary N) is 1. The molecule has 0 aliphatic heterocycles. The van der Waals surface area contributed by atoms with Crippen LogP contribution in [0.3, 0.4) is 0 Å². The van der Waals surface area contributed by atoms with Gasteiger partial charge < -0.3 is 15.2 Å². The largest absolute Gasteiger partial charge is 0.495 e. The molecule has 2 N–H and O–H groups in total. The van der Waals surface area contributed by atoms with Gasteiger partial charge in [-0.25, -0.2) is 0 Å². The number of aliphatic hydroxyl groups is 1. The van der Waals surface area contributed by atoms with Crippen molar-refractivity contribution in [3.8, 4) is 5.75 Å². The highest BCUT2D eigenvalue weighted by atomic mass is 35.5. The number of amides is 1. The minimum Gasteiger partial charge on any atom is -0.495 e. The Balaban J connectivity index is 2.01. The third kappa shape index (κ3) is 4.59. The summed E-state index contributed by atoms with van der Waals surface area (Å²) < 4.78 is 5.27. The number of carbonyl (C=O) groups excluding carboxylic acids is 1. The van der Waals surface area contributed by atoms with Crippen LogP contribution in [0.25, 0.3) is 0 Å². The number of nitrogens with zero attached hydrogens (tertiary/aromatic N) is 1. The number of rotatable bonds is 7. The van der Waals surface area contributed by atoms with Crippen LogP contribution in [0.4, 0.5) is 5.69 Å². The van der Waals surface area contributed by atoms with Crippen molar-refractivity contribution in [3.63, 3.8) is 0 Å². The van der Waals surface area contributed by atoms with Crippen LogP contribution in [-0.4, -0.2) is 48.8 Å². The molecule has 1 saturated carbocycles. The van der Waals surface area contributed by atoms with E-state index in [1.165, 1.54) is 7.11 Å². The van der Waals surface area contributed by atoms with Gasteiger partial charge in [0.1, 0.15) is 5.75 Å². The van der Waals surface area contributed by atoms with Crippen molar-refractivity contribution in [3.05, 3.63) is 22.7 Å². The van der Waals surface area contributed by atoms with Crippen molar-refractivity contribution in [2.24, 2.45) is 5.92 Å². The first-order valence-corrected chi connectivity index (χ1v) is 8.24. The van der Waals surface area contributed by atoms with Gasteiger partial charge in [-0.2, -0.15) is 0 Å². The molecule has 2 unspecified atom stereocenters. The first kappa shape index (κ1) is 18.0. The van der Waals surface area contributed by atoms with Crippen LogP contribution in [0.5, 0.6) is 5.75 Å². The van der Waals surface area contributed by atoms with E-state index >= 15 is 0 Å². The molecule has 1 aromatic rings. The Kier molecular flexibility index (Phi) is 5.89. The molecule has 0 aromatic heterocycles. The fourth-order valence-corrected chi connectivity index (χ4v) is 2.60. The number of methoxy groups -OCH3 is 1. The van der Waals surface area contributed by atoms with E-state index in [0.717, 1.165) is 18.4 Å². The van der Waals surface area contributed by atoms with Gasteiger partial charge >= 0.3 is 0 Å². The molecule has 0 heterocycles. The zero-order valence-electron chi connectivity index (χ0n) is 14.1. The molecule has 0 spiro atoms. The number of carbonyl (C=O) groups is 1. The van der Waals surface area contributed by atoms with E-state index in [2.05, 4.69) is 5.32 Å². The van der Waals surface area contributed by atoms with E-state index < -0.39 is 0 Å². The van der Waals surface area contributed by atoms with Crippen LogP contribution in [-0.2, 0) is 4.79 Å². The Bertz CT molecular complexity index is 575. The zero-order chi connectivity index (χ0) is 17.1. The number of aliphatic hydroxyl groups excluding tert-OH is 1. The van der Waals surface area contributed by atoms with E-state index in [-0.39, 0.29) is 18.1 Å². The molecule has 1 amide bonds. The second kappa shape index (κ2) is 7.51. The van der Waals surface area contributed by atoms with Crippen molar-refractivity contribution in [1.29, 1.82) is 0 Å². The van der Waals surface area contributed by atoms with E-state index in [1.54, 1.807) is 12.1 Å². The van der Waals surface area contributed by atoms with Gasteiger partial charge in [0.15, 0.2) is 0 Å². The topological polar surface area (TPSA) is 61.8 Å². The minimum absolute atomic E-state index is 0.143. The molecular weight excluding hydrogens is 316 g/mol. The summed E-state index contributed by atoms with van der Waals surface area (Å²) in [6.07, 6.45) is 1.80. The molecule has 0 saturated heterocycles. The fourth-order valence-electron chi connectivity index (χ4n) is 2.45. The van der Waals surface area contributed by atoms with E-state index in [9.17, 15) is 9.90 Å². The number of hydrogen-bond acceptors (Lipinski definition) is 4. The number of anilines is 1. The summed E-state index contributed by atoms with van der Waals surface area (Å²) in [7, 11) is 3.39. The predicted octanol–water partition coefficient (Wildman–Crippen LogP) is 2.69. The lowest BCUT2D eigenvalue weighted by molar-refractivity contribution is -0.120. The first-order valence-electron chi connectivity index (χ1n) is 7.86. The van der Waals surface area contributed by atoms with E-state index in [0.29, 0.717) is 28.9 Å². The van der Waals surface area contributed by atoms with Gasteiger partial charge in [-0.15, -0.1) is 0 Å². The second-order valence-corrected chi connectivity index (χ2v) is 6.72. The second-order valence-electron chi connectivity index (χ2n) is 6.31. The van der Waals surface area contributed by atoms with Crippen molar-refractivity contribution in [2.75, 3.05) is 26.0 Å². The third-order valence-electron chi connectivity index (χ3n) is 4.42. The van der Waals surface area contributed by atoms with Crippen LogP contribution >= 0.6 is 11.6 Å². The van der Waals surface area contributed by atoms with Crippen LogP contribution < -0.4 is 10.1 Å². The minimum atomic E-state index is -0.359. The molecule has 1 aliphatic carbocycles. The highest BCUT2D eigenvalue weighted by Gasteiger charge is 2.32. The van der Waals surface area contributed by atoms with E-state index in [4.69, 9.17) is 16.3 Å². The normalized spacial score (nSPS) is 17.0. The average molecular weight is 341 g/mol. The molecule has 1 aromatic carbocycles. The lowest BCUT2D eigenvalue weighted by atomic mass is 10.1. The molecule has 6 heteroatoms. The summed E-state index contributed by atoms with van der Waals surface area (Å²) >= 11 is 6.08. The smallest absolute Gasteiger partial charge is 0.241 e. The van der Waals surface area contributed by atoms with Crippen molar-refractivity contribution in [2.45, 2.75) is 38.8 Å². The Morgan fingerprint density at radius 2 is 2.17 bits per heavy atom. The van der Waals surface area contributed by atoms with Gasteiger partial charge in [-0.1, -0.05) is 11.6 Å².